The van der Waals surface area contributed by atoms with Gasteiger partial charge in [-0.2, -0.15) is 0 Å². The molecule has 0 saturated heterocycles. The normalized spacial score (nSPS) is 14.5. The van der Waals surface area contributed by atoms with Gasteiger partial charge in [0.15, 0.2) is 6.10 Å². The molecule has 0 aromatic carbocycles. The molecule has 100 heavy (non-hydrogen) atoms. The van der Waals surface area contributed by atoms with Crippen LogP contribution in [0.3, 0.4) is 0 Å². The maximum Gasteiger partial charge on any atom is 0.472 e. The maximum absolute atomic E-state index is 13.1. The van der Waals surface area contributed by atoms with Crippen LogP contribution in [0.2, 0.25) is 0 Å². The SMILES string of the molecule is CCCCC/C=C\C/C=C\C/C=C\C/C=C\CCCC(=O)O[C@H](COC(=O)CCCCCCC/C=C\C/C=C\CCCCC)COP(=O)(O)OC[C@@H](O)COP(=O)(O)OC[C@@H](COC(=O)CCCCCCC/C=C\C/C=C\CCCCC)OCCCCCCC/C=C\CCCCCCC=O. The number of hydrogen-bond donors (Lipinski definition) is 3. The van der Waals surface area contributed by atoms with E-state index in [2.05, 4.69) is 118 Å². The number of rotatable bonds is 75. The van der Waals surface area contributed by atoms with Crippen LogP contribution >= 0.6 is 15.6 Å². The average Bonchev–Trinajstić information content (AvgIpc) is 2.40. The van der Waals surface area contributed by atoms with E-state index < -0.39 is 84.9 Å². The van der Waals surface area contributed by atoms with Crippen molar-refractivity contribution >= 4 is 39.8 Å². The Bertz CT molecular complexity index is 2290. The highest BCUT2D eigenvalue weighted by molar-refractivity contribution is 7.47. The molecule has 0 bridgehead atoms. The van der Waals surface area contributed by atoms with E-state index in [1.54, 1.807) is 0 Å². The maximum atomic E-state index is 13.1. The molecule has 19 heteroatoms. The Balaban J connectivity index is 5.36. The minimum Gasteiger partial charge on any atom is -0.463 e. The third kappa shape index (κ3) is 73.6. The number of phosphoric acid groups is 2. The molecule has 0 amide bonds. The summed E-state index contributed by atoms with van der Waals surface area (Å²) in [6.45, 7) is 3.34. The first kappa shape index (κ1) is 95.9. The van der Waals surface area contributed by atoms with Gasteiger partial charge in [-0.15, -0.1) is 0 Å². The quantitative estimate of drug-likeness (QED) is 0.0128. The molecule has 0 aromatic rings. The fourth-order valence-corrected chi connectivity index (χ4v) is 11.7. The van der Waals surface area contributed by atoms with E-state index in [0.717, 1.165) is 186 Å². The summed E-state index contributed by atoms with van der Waals surface area (Å²) in [6, 6.07) is 0. The van der Waals surface area contributed by atoms with Crippen molar-refractivity contribution in [3.05, 3.63) is 109 Å². The summed E-state index contributed by atoms with van der Waals surface area (Å²) in [6.07, 6.45) is 80.0. The van der Waals surface area contributed by atoms with Crippen LogP contribution in [0, 0.1) is 0 Å². The van der Waals surface area contributed by atoms with Gasteiger partial charge in [0.25, 0.3) is 0 Å². The van der Waals surface area contributed by atoms with E-state index in [1.165, 1.54) is 57.8 Å². The standard InChI is InChI=1S/C81H140O17P2/c1-4-7-10-13-16-19-22-25-28-29-32-37-42-47-52-57-62-67-81(86)98-78(73-93-80(85)66-61-56-51-46-41-36-31-27-24-21-18-15-12-9-6-3)75-97-100(89,90)95-71-76(83)70-94-99(87,88)96-74-77(91-69-64-59-54-49-44-39-34-33-38-43-48-53-58-63-68-82)72-92-79(84)65-60-55-50-45-40-35-30-26-23-20-17-14-11-8-5-2/h16-21,25-28,30-34,37,47,52,68,76-78,83H,4-15,22-24,29,35-36,38-46,48-51,53-67,69-75H2,1-3H3,(H,87,88)(H,89,90)/b19-16-,20-17-,21-18-,28-25-,30-26-,31-27-,34-33-,37-32-,52-47-/t76-,77+,78+/m0/s1. The number of hydrogen-bond acceptors (Lipinski definition) is 15. The van der Waals surface area contributed by atoms with Gasteiger partial charge in [-0.05, 0) is 161 Å². The van der Waals surface area contributed by atoms with E-state index in [-0.39, 0.29) is 32.5 Å². The first-order valence-electron chi connectivity index (χ1n) is 39.1. The van der Waals surface area contributed by atoms with Gasteiger partial charge in [0.1, 0.15) is 31.7 Å². The summed E-state index contributed by atoms with van der Waals surface area (Å²) < 4.78 is 69.2. The van der Waals surface area contributed by atoms with Gasteiger partial charge in [0.2, 0.25) is 0 Å². The Hall–Kier alpha value is -4.12. The molecular formula is C81H140O17P2. The molecule has 0 rings (SSSR count). The highest BCUT2D eigenvalue weighted by Crippen LogP contribution is 2.45. The van der Waals surface area contributed by atoms with Gasteiger partial charge < -0.3 is 38.6 Å². The Morgan fingerprint density at radius 2 is 0.600 bits per heavy atom. The molecule has 0 aromatic heterocycles. The Labute approximate surface area is 607 Å². The lowest BCUT2D eigenvalue weighted by atomic mass is 10.1. The molecule has 576 valence electrons. The summed E-state index contributed by atoms with van der Waals surface area (Å²) in [5.74, 6) is -1.56. The first-order valence-corrected chi connectivity index (χ1v) is 42.1. The lowest BCUT2D eigenvalue weighted by Crippen LogP contribution is -2.30. The molecule has 0 spiro atoms. The van der Waals surface area contributed by atoms with Crippen molar-refractivity contribution in [3.8, 4) is 0 Å². The molecule has 0 aliphatic rings. The molecule has 0 fully saturated rings. The van der Waals surface area contributed by atoms with Gasteiger partial charge in [0.05, 0.1) is 26.4 Å². The van der Waals surface area contributed by atoms with E-state index in [9.17, 15) is 43.2 Å². The number of allylic oxidation sites excluding steroid dienone is 18. The van der Waals surface area contributed by atoms with Crippen molar-refractivity contribution in [2.75, 3.05) is 46.2 Å². The van der Waals surface area contributed by atoms with Crippen LogP contribution in [0.5, 0.6) is 0 Å². The van der Waals surface area contributed by atoms with Crippen molar-refractivity contribution in [1.29, 1.82) is 0 Å². The van der Waals surface area contributed by atoms with Crippen molar-refractivity contribution < 1.29 is 80.2 Å². The van der Waals surface area contributed by atoms with Gasteiger partial charge in [-0.25, -0.2) is 9.13 Å². The second-order valence-electron chi connectivity index (χ2n) is 25.9. The van der Waals surface area contributed by atoms with Crippen molar-refractivity contribution in [2.24, 2.45) is 0 Å². The summed E-state index contributed by atoms with van der Waals surface area (Å²) in [5, 5.41) is 10.6. The lowest BCUT2D eigenvalue weighted by Gasteiger charge is -2.21. The predicted molar refractivity (Wildman–Crippen MR) is 409 cm³/mol. The van der Waals surface area contributed by atoms with Crippen LogP contribution in [-0.2, 0) is 65.4 Å². The van der Waals surface area contributed by atoms with Crippen LogP contribution in [0.4, 0.5) is 0 Å². The smallest absolute Gasteiger partial charge is 0.463 e. The summed E-state index contributed by atoms with van der Waals surface area (Å²) in [5.41, 5.74) is 0. The minimum atomic E-state index is -4.96. The topological polar surface area (TPSA) is 237 Å². The Kier molecular flexibility index (Phi) is 71.5. The number of esters is 3. The molecule has 0 saturated carbocycles. The number of unbranched alkanes of at least 4 members (excludes halogenated alkanes) is 30. The third-order valence-corrected chi connectivity index (χ3v) is 18.1. The van der Waals surface area contributed by atoms with Crippen LogP contribution in [0.15, 0.2) is 109 Å². The number of ether oxygens (including phenoxy) is 4. The number of carbonyl (C=O) groups excluding carboxylic acids is 4. The van der Waals surface area contributed by atoms with E-state index in [0.29, 0.717) is 38.5 Å². The molecule has 17 nitrogen and oxygen atoms in total. The zero-order valence-electron chi connectivity index (χ0n) is 62.6. The lowest BCUT2D eigenvalue weighted by molar-refractivity contribution is -0.161. The van der Waals surface area contributed by atoms with Gasteiger partial charge >= 0.3 is 33.6 Å². The van der Waals surface area contributed by atoms with Gasteiger partial charge in [-0.3, -0.25) is 32.5 Å². The summed E-state index contributed by atoms with van der Waals surface area (Å²) >= 11 is 0. The number of phosphoric ester groups is 2. The molecule has 0 heterocycles. The molecule has 0 aliphatic heterocycles. The second-order valence-corrected chi connectivity index (χ2v) is 28.8. The van der Waals surface area contributed by atoms with Crippen LogP contribution < -0.4 is 0 Å². The Morgan fingerprint density at radius 3 is 0.980 bits per heavy atom. The van der Waals surface area contributed by atoms with Crippen molar-refractivity contribution in [1.82, 2.24) is 0 Å². The number of aliphatic hydroxyl groups excluding tert-OH is 1. The van der Waals surface area contributed by atoms with E-state index >= 15 is 0 Å². The van der Waals surface area contributed by atoms with Gasteiger partial charge in [-0.1, -0.05) is 239 Å². The molecule has 0 aliphatic carbocycles. The van der Waals surface area contributed by atoms with Crippen molar-refractivity contribution in [2.45, 2.75) is 334 Å². The molecule has 2 unspecified atom stereocenters. The molecule has 5 atom stereocenters. The fourth-order valence-electron chi connectivity index (χ4n) is 10.2. The van der Waals surface area contributed by atoms with Crippen LogP contribution in [0.1, 0.15) is 316 Å². The molecule has 3 N–H and O–H groups in total. The number of aliphatic hydroxyl groups is 1. The van der Waals surface area contributed by atoms with E-state index in [4.69, 9.17) is 37.0 Å². The van der Waals surface area contributed by atoms with Gasteiger partial charge in [0, 0.05) is 32.3 Å². The summed E-state index contributed by atoms with van der Waals surface area (Å²) in [7, 11) is -9.83. The van der Waals surface area contributed by atoms with Crippen LogP contribution in [0.25, 0.3) is 0 Å². The largest absolute Gasteiger partial charge is 0.472 e. The fraction of sp³-hybridized carbons (Fsp3) is 0.728. The monoisotopic (exact) mass is 1450 g/mol. The zero-order chi connectivity index (χ0) is 73.0. The second kappa shape index (κ2) is 74.6. The number of aldehydes is 1. The minimum absolute atomic E-state index is 0.0257. The highest BCUT2D eigenvalue weighted by atomic mass is 31.2. The zero-order valence-corrected chi connectivity index (χ0v) is 64.4. The number of carbonyl (C=O) groups is 4. The Morgan fingerprint density at radius 1 is 0.320 bits per heavy atom. The third-order valence-electron chi connectivity index (χ3n) is 16.2. The van der Waals surface area contributed by atoms with E-state index in [1.807, 2.05) is 12.2 Å². The predicted octanol–water partition coefficient (Wildman–Crippen LogP) is 22.2. The molecular weight excluding hydrogens is 1310 g/mol. The van der Waals surface area contributed by atoms with Crippen molar-refractivity contribution in [3.63, 3.8) is 0 Å². The van der Waals surface area contributed by atoms with Crippen LogP contribution in [-0.4, -0.2) is 104 Å². The average molecular weight is 1450 g/mol. The summed E-state index contributed by atoms with van der Waals surface area (Å²) in [4.78, 5) is 70.4. The first-order chi connectivity index (χ1) is 48.8. The molecule has 0 radical (unpaired) electrons. The highest BCUT2D eigenvalue weighted by Gasteiger charge is 2.30.